The summed E-state index contributed by atoms with van der Waals surface area (Å²) in [6, 6.07) is 14.5. The van der Waals surface area contributed by atoms with Gasteiger partial charge < -0.3 is 28.4 Å². The number of ketones is 1. The molecule has 0 N–H and O–H groups in total. The highest BCUT2D eigenvalue weighted by molar-refractivity contribution is 6.15. The molecule has 3 aromatic carbocycles. The van der Waals surface area contributed by atoms with E-state index in [-0.39, 0.29) is 29.9 Å². The molecule has 6 rings (SSSR count). The molecule has 8 heteroatoms. The van der Waals surface area contributed by atoms with E-state index in [2.05, 4.69) is 0 Å². The van der Waals surface area contributed by atoms with Gasteiger partial charge in [0.25, 0.3) is 0 Å². The largest absolute Gasteiger partial charge is 0.493 e. The Labute approximate surface area is 219 Å². The molecule has 0 fully saturated rings. The zero-order valence-electron chi connectivity index (χ0n) is 21.0. The van der Waals surface area contributed by atoms with E-state index in [1.54, 1.807) is 30.3 Å². The number of carbonyl (C=O) groups is 2. The zero-order chi connectivity index (χ0) is 26.4. The SMILES string of the molecule is COc1ccc(/C=C2\Oc3c(ccc4c3[C@@H](C3=Cc5ccccc5OC3)CC(=O)O4)C2=O)c(OC)c1OC. The fraction of sp³-hybridized carbons (Fsp3) is 0.200. The average Bonchev–Trinajstić information content (AvgIpc) is 3.26. The first-order valence-electron chi connectivity index (χ1n) is 12.1. The molecule has 0 amide bonds. The molecule has 0 unspecified atom stereocenters. The van der Waals surface area contributed by atoms with Crippen LogP contribution in [0.4, 0.5) is 0 Å². The third-order valence-electron chi connectivity index (χ3n) is 6.90. The van der Waals surface area contributed by atoms with Gasteiger partial charge in [0.05, 0.1) is 33.3 Å². The third kappa shape index (κ3) is 3.76. The highest BCUT2D eigenvalue weighted by atomic mass is 16.5. The van der Waals surface area contributed by atoms with Crippen molar-refractivity contribution in [2.24, 2.45) is 0 Å². The molecule has 3 aliphatic rings. The van der Waals surface area contributed by atoms with Crippen molar-refractivity contribution in [1.82, 2.24) is 0 Å². The number of Topliss-reactive ketones (excluding diaryl/α,β-unsaturated/α-hetero) is 1. The van der Waals surface area contributed by atoms with Crippen LogP contribution in [0.2, 0.25) is 0 Å². The number of ether oxygens (including phenoxy) is 6. The lowest BCUT2D eigenvalue weighted by molar-refractivity contribution is -0.135. The van der Waals surface area contributed by atoms with E-state index in [4.69, 9.17) is 28.4 Å². The molecule has 0 aromatic heterocycles. The number of hydrogen-bond donors (Lipinski definition) is 0. The fourth-order valence-corrected chi connectivity index (χ4v) is 5.14. The number of rotatable bonds is 5. The number of esters is 1. The van der Waals surface area contributed by atoms with Crippen LogP contribution in [-0.2, 0) is 4.79 Å². The molecule has 0 radical (unpaired) electrons. The van der Waals surface area contributed by atoms with Crippen LogP contribution in [0.25, 0.3) is 12.2 Å². The summed E-state index contributed by atoms with van der Waals surface area (Å²) in [4.78, 5) is 26.0. The summed E-state index contributed by atoms with van der Waals surface area (Å²) >= 11 is 0. The summed E-state index contributed by atoms with van der Waals surface area (Å²) in [6.07, 6.45) is 3.76. The Balaban J connectivity index is 1.43. The first-order valence-corrected chi connectivity index (χ1v) is 12.1. The van der Waals surface area contributed by atoms with Crippen LogP contribution < -0.4 is 28.4 Å². The summed E-state index contributed by atoms with van der Waals surface area (Å²) in [5.74, 6) is 1.98. The number of fused-ring (bicyclic) bond motifs is 4. The predicted octanol–water partition coefficient (Wildman–Crippen LogP) is 5.20. The summed E-state index contributed by atoms with van der Waals surface area (Å²) in [7, 11) is 4.56. The fourth-order valence-electron chi connectivity index (χ4n) is 5.14. The van der Waals surface area contributed by atoms with Crippen LogP contribution >= 0.6 is 0 Å². The second-order valence-electron chi connectivity index (χ2n) is 8.99. The molecule has 3 aromatic rings. The molecular formula is C30H24O8. The molecule has 0 aliphatic carbocycles. The van der Waals surface area contributed by atoms with E-state index in [0.717, 1.165) is 16.9 Å². The van der Waals surface area contributed by atoms with Crippen molar-refractivity contribution in [3.05, 3.63) is 82.1 Å². The Kier molecular flexibility index (Phi) is 5.79. The van der Waals surface area contributed by atoms with Crippen LogP contribution in [0.1, 0.15) is 39.4 Å². The van der Waals surface area contributed by atoms with E-state index in [1.807, 2.05) is 30.3 Å². The summed E-state index contributed by atoms with van der Waals surface area (Å²) in [6.45, 7) is 0.317. The van der Waals surface area contributed by atoms with Gasteiger partial charge in [-0.2, -0.15) is 0 Å². The molecule has 0 bridgehead atoms. The monoisotopic (exact) mass is 512 g/mol. The minimum absolute atomic E-state index is 0.112. The molecule has 0 saturated carbocycles. The van der Waals surface area contributed by atoms with Crippen LogP contribution in [0.3, 0.4) is 0 Å². The maximum Gasteiger partial charge on any atom is 0.312 e. The second kappa shape index (κ2) is 9.30. The second-order valence-corrected chi connectivity index (χ2v) is 8.99. The van der Waals surface area contributed by atoms with Crippen LogP contribution in [0.15, 0.2) is 59.9 Å². The van der Waals surface area contributed by atoms with Gasteiger partial charge in [-0.05, 0) is 48.1 Å². The van der Waals surface area contributed by atoms with E-state index in [9.17, 15) is 9.59 Å². The lowest BCUT2D eigenvalue weighted by atomic mass is 9.83. The summed E-state index contributed by atoms with van der Waals surface area (Å²) in [5, 5.41) is 0. The van der Waals surface area contributed by atoms with Gasteiger partial charge in [0.1, 0.15) is 23.9 Å². The Morgan fingerprint density at radius 1 is 0.868 bits per heavy atom. The molecular weight excluding hydrogens is 488 g/mol. The first-order chi connectivity index (χ1) is 18.5. The van der Waals surface area contributed by atoms with Crippen molar-refractivity contribution < 1.29 is 38.0 Å². The number of methoxy groups -OCH3 is 3. The minimum atomic E-state index is -0.364. The lowest BCUT2D eigenvalue weighted by Crippen LogP contribution is -2.24. The highest BCUT2D eigenvalue weighted by Gasteiger charge is 2.40. The number of carbonyl (C=O) groups excluding carboxylic acids is 2. The van der Waals surface area contributed by atoms with Crippen molar-refractivity contribution in [2.45, 2.75) is 12.3 Å². The molecule has 0 spiro atoms. The normalized spacial score (nSPS) is 18.3. The number of para-hydroxylation sites is 1. The standard InChI is InChI=1S/C30H24O8/c1-33-23-10-8-17(28(34-2)30(23)35-3)13-24-27(32)19-9-11-22-26(29(19)38-24)20(14-25(31)37-22)18-12-16-6-4-5-7-21(16)36-15-18/h4-13,20H,14-15H2,1-3H3/b24-13-/t20-/m1/s1. The topological polar surface area (TPSA) is 89.5 Å². The van der Waals surface area contributed by atoms with E-state index in [1.165, 1.54) is 21.3 Å². The van der Waals surface area contributed by atoms with Gasteiger partial charge in [0, 0.05) is 22.6 Å². The van der Waals surface area contributed by atoms with Crippen molar-refractivity contribution in [2.75, 3.05) is 27.9 Å². The molecule has 3 aliphatic heterocycles. The Morgan fingerprint density at radius 3 is 2.47 bits per heavy atom. The quantitative estimate of drug-likeness (QED) is 0.262. The van der Waals surface area contributed by atoms with Gasteiger partial charge >= 0.3 is 5.97 Å². The van der Waals surface area contributed by atoms with Gasteiger partial charge in [-0.3, -0.25) is 9.59 Å². The Hall–Kier alpha value is -4.72. The van der Waals surface area contributed by atoms with Gasteiger partial charge in [0.2, 0.25) is 11.5 Å². The Morgan fingerprint density at radius 2 is 1.68 bits per heavy atom. The van der Waals surface area contributed by atoms with Crippen LogP contribution in [0, 0.1) is 0 Å². The summed E-state index contributed by atoms with van der Waals surface area (Å²) < 4.78 is 34.1. The van der Waals surface area contributed by atoms with E-state index < -0.39 is 0 Å². The van der Waals surface area contributed by atoms with Gasteiger partial charge in [-0.25, -0.2) is 0 Å². The maximum atomic E-state index is 13.4. The molecule has 192 valence electrons. The van der Waals surface area contributed by atoms with E-state index >= 15 is 0 Å². The third-order valence-corrected chi connectivity index (χ3v) is 6.90. The maximum absolute atomic E-state index is 13.4. The minimum Gasteiger partial charge on any atom is -0.493 e. The molecule has 0 saturated heterocycles. The van der Waals surface area contributed by atoms with Gasteiger partial charge in [-0.1, -0.05) is 18.2 Å². The average molecular weight is 513 g/mol. The molecule has 3 heterocycles. The van der Waals surface area contributed by atoms with Crippen molar-refractivity contribution in [3.8, 4) is 34.5 Å². The molecule has 38 heavy (non-hydrogen) atoms. The molecule has 8 nitrogen and oxygen atoms in total. The van der Waals surface area contributed by atoms with Crippen molar-refractivity contribution in [1.29, 1.82) is 0 Å². The van der Waals surface area contributed by atoms with E-state index in [0.29, 0.717) is 52.0 Å². The lowest BCUT2D eigenvalue weighted by Gasteiger charge is -2.30. The Bertz CT molecular complexity index is 1550. The molecule has 1 atom stereocenters. The highest BCUT2D eigenvalue weighted by Crippen LogP contribution is 2.50. The number of allylic oxidation sites excluding steroid dienone is 1. The van der Waals surface area contributed by atoms with Gasteiger partial charge in [-0.15, -0.1) is 0 Å². The van der Waals surface area contributed by atoms with Gasteiger partial charge in [0.15, 0.2) is 17.3 Å². The van der Waals surface area contributed by atoms with Crippen molar-refractivity contribution in [3.63, 3.8) is 0 Å². The van der Waals surface area contributed by atoms with Crippen LogP contribution in [0.5, 0.6) is 34.5 Å². The first kappa shape index (κ1) is 23.7. The zero-order valence-corrected chi connectivity index (χ0v) is 21.0. The smallest absolute Gasteiger partial charge is 0.312 e. The predicted molar refractivity (Wildman–Crippen MR) is 138 cm³/mol. The number of hydrogen-bond acceptors (Lipinski definition) is 8. The van der Waals surface area contributed by atoms with Crippen LogP contribution in [-0.4, -0.2) is 39.7 Å². The van der Waals surface area contributed by atoms with Crippen molar-refractivity contribution >= 4 is 23.9 Å². The summed E-state index contributed by atoms with van der Waals surface area (Å²) in [5.41, 5.74) is 3.48. The number of benzene rings is 3.